The van der Waals surface area contributed by atoms with E-state index in [0.29, 0.717) is 5.92 Å². The molecule has 3 aliphatic rings. The quantitative estimate of drug-likeness (QED) is 0.704. The maximum atomic E-state index is 11.9. The summed E-state index contributed by atoms with van der Waals surface area (Å²) in [6.07, 6.45) is 8.62. The van der Waals surface area contributed by atoms with Gasteiger partial charge < -0.3 is 0 Å². The number of nitrogens with one attached hydrogen (secondary N) is 1. The Hall–Kier alpha value is -0.0900. The summed E-state index contributed by atoms with van der Waals surface area (Å²) in [5.41, 5.74) is 0. The number of rotatable bonds is 0. The summed E-state index contributed by atoms with van der Waals surface area (Å²) < 4.78 is 23.8. The van der Waals surface area contributed by atoms with Crippen molar-refractivity contribution in [2.24, 2.45) is 11.8 Å². The van der Waals surface area contributed by atoms with Crippen molar-refractivity contribution in [3.05, 3.63) is 0 Å². The number of hydrogen-bond donors (Lipinski definition) is 1. The lowest BCUT2D eigenvalue weighted by Gasteiger charge is -2.38. The maximum absolute atomic E-state index is 11.9. The van der Waals surface area contributed by atoms with Gasteiger partial charge in [0, 0.05) is 6.04 Å². The highest BCUT2D eigenvalue weighted by Crippen LogP contribution is 2.43. The van der Waals surface area contributed by atoms with Crippen LogP contribution in [0.5, 0.6) is 0 Å². The van der Waals surface area contributed by atoms with Gasteiger partial charge in [0.25, 0.3) is 0 Å². The van der Waals surface area contributed by atoms with Crippen LogP contribution in [-0.2, 0) is 9.84 Å². The van der Waals surface area contributed by atoms with Crippen LogP contribution in [-0.4, -0.2) is 25.6 Å². The van der Waals surface area contributed by atoms with E-state index in [0.717, 1.165) is 18.8 Å². The van der Waals surface area contributed by atoms with Crippen LogP contribution in [0.1, 0.15) is 44.9 Å². The van der Waals surface area contributed by atoms with Crippen molar-refractivity contribution in [2.75, 3.05) is 5.88 Å². The zero-order chi connectivity index (χ0) is 11.2. The first kappa shape index (κ1) is 11.0. The molecule has 0 radical (unpaired) electrons. The van der Waals surface area contributed by atoms with Crippen molar-refractivity contribution in [1.82, 2.24) is 5.32 Å². The van der Waals surface area contributed by atoms with Gasteiger partial charge in [0.2, 0.25) is 0 Å². The van der Waals surface area contributed by atoms with Crippen LogP contribution in [0, 0.1) is 11.8 Å². The molecule has 0 aromatic carbocycles. The van der Waals surface area contributed by atoms with E-state index in [2.05, 4.69) is 5.32 Å². The van der Waals surface area contributed by atoms with E-state index >= 15 is 0 Å². The average Bonchev–Trinajstić information content (AvgIpc) is 2.48. The Morgan fingerprint density at radius 1 is 0.938 bits per heavy atom. The zero-order valence-electron chi connectivity index (χ0n) is 9.69. The van der Waals surface area contributed by atoms with Gasteiger partial charge in [-0.1, -0.05) is 25.7 Å². The second-order valence-electron chi connectivity index (χ2n) is 5.71. The standard InChI is InChI=1S/C12H21NO2S/c14-16(15)8-13-12-10-5-3-1-2-4-9(10)6-7-11(12)16/h9-13H,1-8H2. The Bertz CT molecular complexity index is 365. The van der Waals surface area contributed by atoms with Gasteiger partial charge in [0.15, 0.2) is 9.84 Å². The van der Waals surface area contributed by atoms with E-state index < -0.39 is 9.84 Å². The topological polar surface area (TPSA) is 46.2 Å². The van der Waals surface area contributed by atoms with E-state index in [1.165, 1.54) is 32.1 Å². The second-order valence-corrected chi connectivity index (χ2v) is 7.93. The highest BCUT2D eigenvalue weighted by Gasteiger charge is 2.48. The third kappa shape index (κ3) is 1.70. The van der Waals surface area contributed by atoms with Crippen LogP contribution >= 0.6 is 0 Å². The molecule has 1 saturated heterocycles. The predicted octanol–water partition coefficient (Wildman–Crippen LogP) is 1.69. The Balaban J connectivity index is 1.85. The normalized spacial score (nSPS) is 46.8. The van der Waals surface area contributed by atoms with Gasteiger partial charge >= 0.3 is 0 Å². The minimum atomic E-state index is -2.82. The summed E-state index contributed by atoms with van der Waals surface area (Å²) in [7, 11) is -2.82. The lowest BCUT2D eigenvalue weighted by molar-refractivity contribution is 0.183. The Kier molecular flexibility index (Phi) is 2.75. The van der Waals surface area contributed by atoms with Crippen molar-refractivity contribution >= 4 is 9.84 Å². The van der Waals surface area contributed by atoms with Crippen LogP contribution in [0.2, 0.25) is 0 Å². The number of hydrogen-bond acceptors (Lipinski definition) is 3. The average molecular weight is 243 g/mol. The monoisotopic (exact) mass is 243 g/mol. The molecule has 2 aliphatic carbocycles. The Morgan fingerprint density at radius 3 is 2.62 bits per heavy atom. The first-order valence-corrected chi connectivity index (χ1v) is 8.35. The van der Waals surface area contributed by atoms with Gasteiger partial charge in [-0.3, -0.25) is 5.32 Å². The van der Waals surface area contributed by atoms with E-state index in [1.54, 1.807) is 0 Å². The van der Waals surface area contributed by atoms with E-state index in [1.807, 2.05) is 0 Å². The Labute approximate surface area is 97.9 Å². The summed E-state index contributed by atoms with van der Waals surface area (Å²) in [5.74, 6) is 1.66. The Morgan fingerprint density at radius 2 is 1.75 bits per heavy atom. The molecule has 1 aliphatic heterocycles. The minimum absolute atomic E-state index is 0.0631. The largest absolute Gasteiger partial charge is 0.299 e. The SMILES string of the molecule is O=S1(=O)CNC2C3CCCCCC3CCC21. The van der Waals surface area contributed by atoms with Gasteiger partial charge in [0.05, 0.1) is 11.1 Å². The molecule has 1 heterocycles. The van der Waals surface area contributed by atoms with E-state index in [4.69, 9.17) is 0 Å². The number of fused-ring (bicyclic) bond motifs is 3. The number of sulfone groups is 1. The van der Waals surface area contributed by atoms with Gasteiger partial charge in [-0.15, -0.1) is 0 Å². The lowest BCUT2D eigenvalue weighted by atomic mass is 9.73. The molecular formula is C12H21NO2S. The van der Waals surface area contributed by atoms with Gasteiger partial charge in [-0.05, 0) is 31.1 Å². The fraction of sp³-hybridized carbons (Fsp3) is 1.00. The molecule has 4 unspecified atom stereocenters. The van der Waals surface area contributed by atoms with E-state index in [-0.39, 0.29) is 17.2 Å². The highest BCUT2D eigenvalue weighted by molar-refractivity contribution is 7.92. The van der Waals surface area contributed by atoms with Gasteiger partial charge in [0.1, 0.15) is 0 Å². The van der Waals surface area contributed by atoms with Crippen LogP contribution < -0.4 is 5.32 Å². The first-order chi connectivity index (χ1) is 7.68. The van der Waals surface area contributed by atoms with Crippen molar-refractivity contribution in [3.8, 4) is 0 Å². The first-order valence-electron chi connectivity index (χ1n) is 6.63. The van der Waals surface area contributed by atoms with Crippen molar-refractivity contribution in [3.63, 3.8) is 0 Å². The molecule has 4 atom stereocenters. The molecular weight excluding hydrogens is 222 g/mol. The molecule has 92 valence electrons. The highest BCUT2D eigenvalue weighted by atomic mass is 32.2. The fourth-order valence-electron chi connectivity index (χ4n) is 4.08. The van der Waals surface area contributed by atoms with E-state index in [9.17, 15) is 8.42 Å². The van der Waals surface area contributed by atoms with Crippen LogP contribution in [0.15, 0.2) is 0 Å². The molecule has 3 rings (SSSR count). The van der Waals surface area contributed by atoms with Crippen molar-refractivity contribution < 1.29 is 8.42 Å². The molecule has 2 saturated carbocycles. The van der Waals surface area contributed by atoms with Gasteiger partial charge in [-0.25, -0.2) is 8.42 Å². The third-order valence-electron chi connectivity index (χ3n) is 4.88. The van der Waals surface area contributed by atoms with Crippen LogP contribution in [0.3, 0.4) is 0 Å². The summed E-state index contributed by atoms with van der Waals surface area (Å²) in [4.78, 5) is 0. The molecule has 3 nitrogen and oxygen atoms in total. The summed E-state index contributed by atoms with van der Waals surface area (Å²) in [5, 5.41) is 3.22. The zero-order valence-corrected chi connectivity index (χ0v) is 10.5. The van der Waals surface area contributed by atoms with Crippen LogP contribution in [0.4, 0.5) is 0 Å². The summed E-state index contributed by atoms with van der Waals surface area (Å²) >= 11 is 0. The lowest BCUT2D eigenvalue weighted by Crippen LogP contribution is -2.46. The van der Waals surface area contributed by atoms with Gasteiger partial charge in [-0.2, -0.15) is 0 Å². The van der Waals surface area contributed by atoms with Crippen LogP contribution in [0.25, 0.3) is 0 Å². The molecule has 3 fully saturated rings. The molecule has 0 spiro atoms. The maximum Gasteiger partial charge on any atom is 0.167 e. The summed E-state index contributed by atoms with van der Waals surface area (Å²) in [6.45, 7) is 0. The summed E-state index contributed by atoms with van der Waals surface area (Å²) in [6, 6.07) is 0.279. The molecule has 0 aromatic rings. The predicted molar refractivity (Wildman–Crippen MR) is 63.8 cm³/mol. The van der Waals surface area contributed by atoms with Crippen molar-refractivity contribution in [2.45, 2.75) is 56.2 Å². The van der Waals surface area contributed by atoms with Crippen molar-refractivity contribution in [1.29, 1.82) is 0 Å². The molecule has 1 N–H and O–H groups in total. The molecule has 4 heteroatoms. The smallest absolute Gasteiger partial charge is 0.167 e. The molecule has 0 aromatic heterocycles. The molecule has 16 heavy (non-hydrogen) atoms. The molecule has 0 amide bonds. The minimum Gasteiger partial charge on any atom is -0.299 e. The second kappa shape index (κ2) is 3.98. The third-order valence-corrected chi connectivity index (χ3v) is 6.90. The molecule has 0 bridgehead atoms. The fourth-order valence-corrected chi connectivity index (χ4v) is 5.96.